The van der Waals surface area contributed by atoms with Gasteiger partial charge in [0.2, 0.25) is 11.9 Å². The van der Waals surface area contributed by atoms with E-state index in [9.17, 15) is 19.1 Å². The number of nitrogens with zero attached hydrogens (tertiary/aromatic N) is 3. The summed E-state index contributed by atoms with van der Waals surface area (Å²) in [6.45, 7) is 5.40. The van der Waals surface area contributed by atoms with Crippen LogP contribution in [0.3, 0.4) is 0 Å². The van der Waals surface area contributed by atoms with E-state index in [0.29, 0.717) is 6.54 Å². The van der Waals surface area contributed by atoms with Crippen molar-refractivity contribution in [3.8, 4) is 0 Å². The highest BCUT2D eigenvalue weighted by Crippen LogP contribution is 2.40. The van der Waals surface area contributed by atoms with Crippen LogP contribution in [0.25, 0.3) is 0 Å². The molecule has 17 heavy (non-hydrogen) atoms. The topological polar surface area (TPSA) is 93.4 Å². The summed E-state index contributed by atoms with van der Waals surface area (Å²) in [5.41, 5.74) is 0. The van der Waals surface area contributed by atoms with Gasteiger partial charge in [-0.15, -0.1) is 0 Å². The van der Waals surface area contributed by atoms with Crippen LogP contribution in [0, 0.1) is 0 Å². The van der Waals surface area contributed by atoms with Crippen molar-refractivity contribution in [3.05, 3.63) is 0 Å². The summed E-state index contributed by atoms with van der Waals surface area (Å²) in [4.78, 5) is 35.1. The third-order valence-electron chi connectivity index (χ3n) is 2.21. The monoisotopic (exact) mass is 265 g/mol. The van der Waals surface area contributed by atoms with Crippen LogP contribution in [0.4, 0.5) is 0 Å². The maximum Gasteiger partial charge on any atom is 0.432 e. The molecule has 0 rings (SSSR count). The van der Waals surface area contributed by atoms with E-state index in [0.717, 1.165) is 4.67 Å². The largest absolute Gasteiger partial charge is 0.432 e. The molecule has 0 aliphatic rings. The zero-order chi connectivity index (χ0) is 13.6. The Labute approximate surface area is 101 Å². The summed E-state index contributed by atoms with van der Waals surface area (Å²) in [5.74, 6) is -0.213. The van der Waals surface area contributed by atoms with Crippen LogP contribution in [-0.2, 0) is 9.36 Å². The van der Waals surface area contributed by atoms with Crippen molar-refractivity contribution in [2.75, 3.05) is 20.1 Å². The van der Waals surface area contributed by atoms with Crippen molar-refractivity contribution in [2.45, 2.75) is 27.2 Å². The Kier molecular flexibility index (Phi) is 6.37. The molecule has 0 radical (unpaired) electrons. The van der Waals surface area contributed by atoms with Crippen LogP contribution < -0.4 is 0 Å². The normalized spacial score (nSPS) is 12.5. The third kappa shape index (κ3) is 4.11. The second-order valence-electron chi connectivity index (χ2n) is 3.24. The van der Waals surface area contributed by atoms with Crippen molar-refractivity contribution >= 4 is 19.6 Å². The van der Waals surface area contributed by atoms with Gasteiger partial charge in [-0.3, -0.25) is 14.7 Å². The van der Waals surface area contributed by atoms with Gasteiger partial charge in [0.25, 0.3) is 0 Å². The molecule has 0 atom stereocenters. The standard InChI is InChI=1S/C9H20N3O4P/c1-5-8(13)11(6-2)9(10-4)12(7-3)17(14,15)16/h5-7H2,1-4H3,(H2,14,15,16). The molecule has 0 saturated carbocycles. The third-order valence-corrected chi connectivity index (χ3v) is 3.30. The van der Waals surface area contributed by atoms with Crippen LogP contribution in [0.15, 0.2) is 4.99 Å². The fraction of sp³-hybridized carbons (Fsp3) is 0.778. The van der Waals surface area contributed by atoms with Gasteiger partial charge in [-0.2, -0.15) is 0 Å². The van der Waals surface area contributed by atoms with Crippen LogP contribution >= 0.6 is 7.75 Å². The van der Waals surface area contributed by atoms with E-state index < -0.39 is 7.75 Å². The minimum absolute atomic E-state index is 0.00943. The molecule has 8 heteroatoms. The fourth-order valence-corrected chi connectivity index (χ4v) is 2.24. The number of aliphatic imine (C=N–C) groups is 1. The van der Waals surface area contributed by atoms with Gasteiger partial charge in [-0.25, -0.2) is 9.24 Å². The predicted octanol–water partition coefficient (Wildman–Crippen LogP) is 0.645. The van der Waals surface area contributed by atoms with Gasteiger partial charge < -0.3 is 9.79 Å². The zero-order valence-corrected chi connectivity index (χ0v) is 11.5. The zero-order valence-electron chi connectivity index (χ0n) is 10.6. The Balaban J connectivity index is 5.31. The molecule has 7 nitrogen and oxygen atoms in total. The molecule has 1 amide bonds. The van der Waals surface area contributed by atoms with Crippen molar-refractivity contribution in [1.29, 1.82) is 0 Å². The van der Waals surface area contributed by atoms with Gasteiger partial charge in [-0.1, -0.05) is 6.92 Å². The van der Waals surface area contributed by atoms with Gasteiger partial charge in [0.1, 0.15) is 0 Å². The van der Waals surface area contributed by atoms with Crippen molar-refractivity contribution in [1.82, 2.24) is 9.57 Å². The highest BCUT2D eigenvalue weighted by molar-refractivity contribution is 7.49. The Morgan fingerprint density at radius 3 is 2.00 bits per heavy atom. The Hall–Kier alpha value is -0.910. The molecule has 0 heterocycles. The lowest BCUT2D eigenvalue weighted by Gasteiger charge is -2.31. The van der Waals surface area contributed by atoms with Crippen molar-refractivity contribution in [3.63, 3.8) is 0 Å². The molecule has 0 spiro atoms. The van der Waals surface area contributed by atoms with Crippen molar-refractivity contribution < 1.29 is 19.1 Å². The Morgan fingerprint density at radius 1 is 1.24 bits per heavy atom. The number of hydrogen-bond acceptors (Lipinski definition) is 3. The fourth-order valence-electron chi connectivity index (χ4n) is 1.44. The first-order valence-electron chi connectivity index (χ1n) is 5.44. The summed E-state index contributed by atoms with van der Waals surface area (Å²) in [5, 5.41) is 0. The highest BCUT2D eigenvalue weighted by Gasteiger charge is 2.31. The number of guanidine groups is 1. The summed E-state index contributed by atoms with van der Waals surface area (Å²) in [6.07, 6.45) is 0.256. The van der Waals surface area contributed by atoms with Crippen LogP contribution in [0.1, 0.15) is 27.2 Å². The maximum atomic E-state index is 11.7. The number of carbonyl (C=O) groups excluding carboxylic acids is 1. The quantitative estimate of drug-likeness (QED) is 0.442. The van der Waals surface area contributed by atoms with E-state index in [1.807, 2.05) is 0 Å². The molecule has 0 bridgehead atoms. The number of hydrogen-bond donors (Lipinski definition) is 2. The van der Waals surface area contributed by atoms with Crippen LogP contribution in [0.5, 0.6) is 0 Å². The summed E-state index contributed by atoms with van der Waals surface area (Å²) in [6, 6.07) is 0. The molecule has 0 aromatic heterocycles. The highest BCUT2D eigenvalue weighted by atomic mass is 31.2. The molecule has 2 N–H and O–H groups in total. The average Bonchev–Trinajstić information content (AvgIpc) is 2.26. The van der Waals surface area contributed by atoms with E-state index in [4.69, 9.17) is 0 Å². The van der Waals surface area contributed by atoms with E-state index in [-0.39, 0.29) is 24.8 Å². The van der Waals surface area contributed by atoms with Crippen LogP contribution in [-0.4, -0.2) is 51.4 Å². The molecule has 0 aromatic rings. The lowest BCUT2D eigenvalue weighted by molar-refractivity contribution is -0.127. The first-order valence-corrected chi connectivity index (χ1v) is 7.00. The molecule has 0 unspecified atom stereocenters. The predicted molar refractivity (Wildman–Crippen MR) is 65.5 cm³/mol. The van der Waals surface area contributed by atoms with Gasteiger partial charge in [0, 0.05) is 26.6 Å². The first-order chi connectivity index (χ1) is 7.83. The van der Waals surface area contributed by atoms with Gasteiger partial charge in [0.05, 0.1) is 0 Å². The molecule has 100 valence electrons. The summed E-state index contributed by atoms with van der Waals surface area (Å²) < 4.78 is 12.1. The molecule has 0 aliphatic heterocycles. The first kappa shape index (κ1) is 16.1. The summed E-state index contributed by atoms with van der Waals surface area (Å²) >= 11 is 0. The van der Waals surface area contributed by atoms with E-state index >= 15 is 0 Å². The lowest BCUT2D eigenvalue weighted by Crippen LogP contribution is -2.45. The Bertz CT molecular complexity index is 339. The molecule has 0 aliphatic carbocycles. The Morgan fingerprint density at radius 2 is 1.76 bits per heavy atom. The minimum atomic E-state index is -4.46. The number of carbonyl (C=O) groups is 1. The second kappa shape index (κ2) is 6.74. The van der Waals surface area contributed by atoms with Crippen molar-refractivity contribution in [2.24, 2.45) is 4.99 Å². The van der Waals surface area contributed by atoms with Gasteiger partial charge in [0.15, 0.2) is 0 Å². The smallest absolute Gasteiger partial charge is 0.308 e. The van der Waals surface area contributed by atoms with E-state index in [2.05, 4.69) is 4.99 Å². The van der Waals surface area contributed by atoms with Gasteiger partial charge in [-0.05, 0) is 13.8 Å². The van der Waals surface area contributed by atoms with E-state index in [1.165, 1.54) is 11.9 Å². The van der Waals surface area contributed by atoms with E-state index in [1.54, 1.807) is 20.8 Å². The second-order valence-corrected chi connectivity index (χ2v) is 4.75. The van der Waals surface area contributed by atoms with Gasteiger partial charge >= 0.3 is 7.75 Å². The molecular weight excluding hydrogens is 245 g/mol. The molecule has 0 fully saturated rings. The maximum absolute atomic E-state index is 11.7. The minimum Gasteiger partial charge on any atom is -0.308 e. The molecule has 0 saturated heterocycles. The lowest BCUT2D eigenvalue weighted by atomic mass is 10.4. The molecular formula is C9H20N3O4P. The molecule has 0 aromatic carbocycles. The average molecular weight is 265 g/mol. The number of rotatable bonds is 4. The SMILES string of the molecule is CCC(=O)N(CC)C(=NC)N(CC)P(=O)(O)O. The van der Waals surface area contributed by atoms with Crippen LogP contribution in [0.2, 0.25) is 0 Å². The number of amides is 1. The summed E-state index contributed by atoms with van der Waals surface area (Å²) in [7, 11) is -3.06.